The summed E-state index contributed by atoms with van der Waals surface area (Å²) < 4.78 is 1.74. The summed E-state index contributed by atoms with van der Waals surface area (Å²) >= 11 is 0. The van der Waals surface area contributed by atoms with E-state index in [0.29, 0.717) is 16.8 Å². The van der Waals surface area contributed by atoms with Crippen molar-refractivity contribution < 1.29 is 9.90 Å². The van der Waals surface area contributed by atoms with Gasteiger partial charge in [-0.25, -0.2) is 4.52 Å². The first-order chi connectivity index (χ1) is 15.4. The van der Waals surface area contributed by atoms with Gasteiger partial charge < -0.3 is 15.7 Å². The summed E-state index contributed by atoms with van der Waals surface area (Å²) in [6, 6.07) is 9.84. The standard InChI is InChI=1S/C24H26N6O2/c1-14(2)28-20-6-21(22-4-3-17-5-15(11-25)12-27-30(17)22)26-13-19(20)23(32)29-16-7-24(8-16)9-18(31)10-24/h3-6,12-14,16,18,31H,7-10H2,1-2H3,(H,26,28)(H,29,32). The second-order valence-corrected chi connectivity index (χ2v) is 9.47. The number of nitrogens with one attached hydrogen (secondary N) is 2. The molecule has 2 aliphatic rings. The van der Waals surface area contributed by atoms with Gasteiger partial charge in [0.15, 0.2) is 0 Å². The minimum atomic E-state index is -0.170. The molecule has 32 heavy (non-hydrogen) atoms. The van der Waals surface area contributed by atoms with Crippen LogP contribution in [0.3, 0.4) is 0 Å². The SMILES string of the molecule is CC(C)Nc1cc(-c2ccc3cc(C#N)cnn23)ncc1C(=O)NC1CC2(CC(O)C2)C1. The van der Waals surface area contributed by atoms with Gasteiger partial charge in [-0.15, -0.1) is 0 Å². The molecule has 8 nitrogen and oxygen atoms in total. The quantitative estimate of drug-likeness (QED) is 0.573. The van der Waals surface area contributed by atoms with E-state index in [1.54, 1.807) is 16.8 Å². The van der Waals surface area contributed by atoms with Crippen molar-refractivity contribution in [3.8, 4) is 17.5 Å². The predicted octanol–water partition coefficient (Wildman–Crippen LogP) is 3.12. The Kier molecular flexibility index (Phi) is 4.86. The van der Waals surface area contributed by atoms with Crippen LogP contribution in [-0.4, -0.2) is 43.8 Å². The first kappa shape index (κ1) is 20.5. The van der Waals surface area contributed by atoms with Crippen LogP contribution in [0.4, 0.5) is 5.69 Å². The number of rotatable bonds is 5. The van der Waals surface area contributed by atoms with Crippen molar-refractivity contribution >= 4 is 17.1 Å². The Balaban J connectivity index is 1.40. The number of pyridine rings is 1. The fourth-order valence-corrected chi connectivity index (χ4v) is 5.09. The molecule has 2 saturated carbocycles. The smallest absolute Gasteiger partial charge is 0.255 e. The molecule has 0 atom stereocenters. The van der Waals surface area contributed by atoms with Crippen molar-refractivity contribution in [1.82, 2.24) is 19.9 Å². The molecule has 164 valence electrons. The second-order valence-electron chi connectivity index (χ2n) is 9.47. The van der Waals surface area contributed by atoms with E-state index in [9.17, 15) is 9.90 Å². The van der Waals surface area contributed by atoms with E-state index >= 15 is 0 Å². The molecule has 0 aromatic carbocycles. The minimum absolute atomic E-state index is 0.135. The predicted molar refractivity (Wildman–Crippen MR) is 120 cm³/mol. The Hall–Kier alpha value is -3.44. The van der Waals surface area contributed by atoms with Gasteiger partial charge in [0.2, 0.25) is 0 Å². The molecule has 0 bridgehead atoms. The maximum atomic E-state index is 13.0. The molecule has 3 N–H and O–H groups in total. The minimum Gasteiger partial charge on any atom is -0.393 e. The first-order valence-corrected chi connectivity index (χ1v) is 11.0. The molecule has 0 unspecified atom stereocenters. The van der Waals surface area contributed by atoms with Gasteiger partial charge in [-0.05, 0) is 69.2 Å². The molecule has 3 aromatic heterocycles. The van der Waals surface area contributed by atoms with Crippen LogP contribution in [-0.2, 0) is 0 Å². The molecular weight excluding hydrogens is 404 g/mol. The lowest BCUT2D eigenvalue weighted by Gasteiger charge is -2.56. The van der Waals surface area contributed by atoms with Gasteiger partial charge in [0.1, 0.15) is 6.07 Å². The van der Waals surface area contributed by atoms with E-state index in [2.05, 4.69) is 26.8 Å². The van der Waals surface area contributed by atoms with Crippen LogP contribution in [0.15, 0.2) is 36.7 Å². The van der Waals surface area contributed by atoms with E-state index in [1.807, 2.05) is 32.0 Å². The van der Waals surface area contributed by atoms with Crippen molar-refractivity contribution in [3.05, 3.63) is 47.8 Å². The number of carbonyl (C=O) groups is 1. The Labute approximate surface area is 186 Å². The topological polar surface area (TPSA) is 115 Å². The van der Waals surface area contributed by atoms with E-state index in [1.165, 1.54) is 6.20 Å². The zero-order valence-electron chi connectivity index (χ0n) is 18.2. The second kappa shape index (κ2) is 7.61. The van der Waals surface area contributed by atoms with Crippen LogP contribution >= 0.6 is 0 Å². The number of aliphatic hydroxyl groups is 1. The largest absolute Gasteiger partial charge is 0.393 e. The number of amides is 1. The third-order valence-corrected chi connectivity index (χ3v) is 6.52. The molecule has 3 aromatic rings. The van der Waals surface area contributed by atoms with Gasteiger partial charge in [-0.1, -0.05) is 0 Å². The Morgan fingerprint density at radius 2 is 2.03 bits per heavy atom. The summed E-state index contributed by atoms with van der Waals surface area (Å²) in [5.74, 6) is -0.135. The van der Waals surface area contributed by atoms with Gasteiger partial charge >= 0.3 is 0 Å². The van der Waals surface area contributed by atoms with Gasteiger partial charge in [0.25, 0.3) is 5.91 Å². The number of hydrogen-bond donors (Lipinski definition) is 3. The van der Waals surface area contributed by atoms with Gasteiger partial charge in [0.05, 0.1) is 46.0 Å². The van der Waals surface area contributed by atoms with Crippen molar-refractivity contribution in [2.75, 3.05) is 5.32 Å². The van der Waals surface area contributed by atoms with Crippen LogP contribution in [0.1, 0.15) is 55.5 Å². The van der Waals surface area contributed by atoms with Gasteiger partial charge in [-0.2, -0.15) is 10.4 Å². The molecule has 0 saturated heterocycles. The number of nitriles is 1. The third-order valence-electron chi connectivity index (χ3n) is 6.52. The van der Waals surface area contributed by atoms with Gasteiger partial charge in [-0.3, -0.25) is 9.78 Å². The molecule has 1 amide bonds. The zero-order valence-corrected chi connectivity index (χ0v) is 18.2. The van der Waals surface area contributed by atoms with Crippen LogP contribution in [0.25, 0.3) is 16.9 Å². The highest BCUT2D eigenvalue weighted by Crippen LogP contribution is 2.55. The number of hydrogen-bond acceptors (Lipinski definition) is 6. The lowest BCUT2D eigenvalue weighted by Crippen LogP contribution is -2.57. The average Bonchev–Trinajstić information content (AvgIpc) is 3.13. The molecule has 5 rings (SSSR count). The Morgan fingerprint density at radius 1 is 1.25 bits per heavy atom. The lowest BCUT2D eigenvalue weighted by molar-refractivity contribution is -0.0949. The Morgan fingerprint density at radius 3 is 2.72 bits per heavy atom. The van der Waals surface area contributed by atoms with Crippen LogP contribution in [0, 0.1) is 16.7 Å². The molecule has 2 aliphatic carbocycles. The average molecular weight is 431 g/mol. The summed E-state index contributed by atoms with van der Waals surface area (Å²) in [4.78, 5) is 17.6. The summed E-state index contributed by atoms with van der Waals surface area (Å²) in [5.41, 5.74) is 4.25. The number of carbonyl (C=O) groups excluding carboxylic acids is 1. The molecule has 8 heteroatoms. The van der Waals surface area contributed by atoms with Crippen LogP contribution in [0.2, 0.25) is 0 Å². The van der Waals surface area contributed by atoms with E-state index < -0.39 is 0 Å². The lowest BCUT2D eigenvalue weighted by atomic mass is 9.53. The van der Waals surface area contributed by atoms with E-state index in [4.69, 9.17) is 5.26 Å². The normalized spacial score (nSPS) is 24.1. The monoisotopic (exact) mass is 430 g/mol. The number of nitrogens with zero attached hydrogens (tertiary/aromatic N) is 4. The van der Waals surface area contributed by atoms with Crippen molar-refractivity contribution in [2.45, 2.75) is 57.7 Å². The van der Waals surface area contributed by atoms with Crippen LogP contribution < -0.4 is 10.6 Å². The highest BCUT2D eigenvalue weighted by molar-refractivity contribution is 6.00. The number of aromatic nitrogens is 3. The van der Waals surface area contributed by atoms with Crippen molar-refractivity contribution in [3.63, 3.8) is 0 Å². The number of anilines is 1. The highest BCUT2D eigenvalue weighted by atomic mass is 16.3. The Bertz CT molecular complexity index is 1230. The fraction of sp³-hybridized carbons (Fsp3) is 0.417. The molecule has 0 radical (unpaired) electrons. The van der Waals surface area contributed by atoms with Crippen molar-refractivity contribution in [2.24, 2.45) is 5.41 Å². The fourth-order valence-electron chi connectivity index (χ4n) is 5.09. The maximum absolute atomic E-state index is 13.0. The highest BCUT2D eigenvalue weighted by Gasteiger charge is 2.52. The molecular formula is C24H26N6O2. The molecule has 0 aliphatic heterocycles. The third kappa shape index (κ3) is 3.59. The van der Waals surface area contributed by atoms with E-state index in [0.717, 1.165) is 42.6 Å². The number of fused-ring (bicyclic) bond motifs is 1. The van der Waals surface area contributed by atoms with Crippen LogP contribution in [0.5, 0.6) is 0 Å². The number of aliphatic hydroxyl groups excluding tert-OH is 1. The van der Waals surface area contributed by atoms with E-state index in [-0.39, 0.29) is 29.5 Å². The summed E-state index contributed by atoms with van der Waals surface area (Å²) in [7, 11) is 0. The molecule has 2 fully saturated rings. The van der Waals surface area contributed by atoms with Gasteiger partial charge in [0, 0.05) is 18.3 Å². The molecule has 1 spiro atoms. The maximum Gasteiger partial charge on any atom is 0.255 e. The summed E-state index contributed by atoms with van der Waals surface area (Å²) in [6.07, 6.45) is 6.53. The van der Waals surface area contributed by atoms with Crippen molar-refractivity contribution in [1.29, 1.82) is 5.26 Å². The zero-order chi connectivity index (χ0) is 22.5. The summed E-state index contributed by atoms with van der Waals surface area (Å²) in [6.45, 7) is 4.05. The summed E-state index contributed by atoms with van der Waals surface area (Å²) in [5, 5.41) is 29.6. The molecule has 3 heterocycles. The first-order valence-electron chi connectivity index (χ1n) is 11.0.